The van der Waals surface area contributed by atoms with Crippen molar-refractivity contribution in [3.63, 3.8) is 0 Å². The van der Waals surface area contributed by atoms with Crippen LogP contribution in [0.25, 0.3) is 0 Å². The third kappa shape index (κ3) is 8.96. The van der Waals surface area contributed by atoms with E-state index in [1.807, 2.05) is 0 Å². The fourth-order valence-corrected chi connectivity index (χ4v) is 6.70. The Hall–Kier alpha value is -1.25. The van der Waals surface area contributed by atoms with Gasteiger partial charge in [0.1, 0.15) is 48.8 Å². The molecule has 1 amide bonds. The Morgan fingerprint density at radius 1 is 0.833 bits per heavy atom. The van der Waals surface area contributed by atoms with Crippen LogP contribution in [0.3, 0.4) is 0 Å². The van der Waals surface area contributed by atoms with Crippen LogP contribution in [0.15, 0.2) is 0 Å². The highest BCUT2D eigenvalue weighted by Gasteiger charge is 2.54. The molecule has 3 saturated heterocycles. The fourth-order valence-electron chi connectivity index (χ4n) is 6.70. The SMILES string of the molecule is CNC[C@@H]1CC[C@@H](N)[C@@H](O[C@H]2[C@H](O[C@@H]3O[C@H](CO)[C@@H](O[C@H]4O[C@@H](CN)[C@@H](O)[C@H](O)[C@H]4N)[C@H]3O)[C@@H](O)[C@H](CC(=O)N(O)CCN)C[C@@H]2N)O1. The van der Waals surface area contributed by atoms with E-state index in [4.69, 9.17) is 57.1 Å². The summed E-state index contributed by atoms with van der Waals surface area (Å²) in [5.74, 6) is -1.52. The summed E-state index contributed by atoms with van der Waals surface area (Å²) in [7, 11) is 1.78. The number of hydrogen-bond donors (Lipinski definition) is 12. The minimum atomic E-state index is -1.62. The molecule has 0 unspecified atom stereocenters. The molecule has 1 aliphatic carbocycles. The topological polar surface area (TPSA) is 339 Å². The molecule has 4 rings (SSSR count). The van der Waals surface area contributed by atoms with Gasteiger partial charge in [0.05, 0.1) is 37.4 Å². The second-order valence-electron chi connectivity index (χ2n) is 12.9. The van der Waals surface area contributed by atoms with Crippen molar-refractivity contribution in [2.45, 2.75) is 124 Å². The van der Waals surface area contributed by atoms with Crippen LogP contribution in [0.1, 0.15) is 25.7 Å². The normalized spacial score (nSPS) is 45.3. The minimum Gasteiger partial charge on any atom is -0.394 e. The number of amides is 1. The monoisotopic (exact) mass is 697 g/mol. The maximum atomic E-state index is 12.7. The number of nitrogens with one attached hydrogen (secondary N) is 1. The second kappa shape index (κ2) is 17.8. The molecule has 3 heterocycles. The van der Waals surface area contributed by atoms with Crippen molar-refractivity contribution in [2.24, 2.45) is 34.6 Å². The van der Waals surface area contributed by atoms with Gasteiger partial charge in [-0.25, -0.2) is 5.06 Å². The number of hydrogen-bond acceptors (Lipinski definition) is 19. The third-order valence-electron chi connectivity index (χ3n) is 9.46. The van der Waals surface area contributed by atoms with Crippen LogP contribution in [0.5, 0.6) is 0 Å². The summed E-state index contributed by atoms with van der Waals surface area (Å²) in [6.07, 6.45) is -14.8. The number of nitrogens with two attached hydrogens (primary N) is 5. The summed E-state index contributed by atoms with van der Waals surface area (Å²) in [6.45, 7) is -0.379. The number of ether oxygens (including phenoxy) is 6. The summed E-state index contributed by atoms with van der Waals surface area (Å²) in [5, 5.41) is 67.2. The number of carbonyl (C=O) groups excluding carboxylic acids is 1. The Labute approximate surface area is 278 Å². The van der Waals surface area contributed by atoms with Crippen LogP contribution < -0.4 is 34.0 Å². The van der Waals surface area contributed by atoms with E-state index in [1.54, 1.807) is 7.05 Å². The first-order valence-electron chi connectivity index (χ1n) is 16.4. The van der Waals surface area contributed by atoms with Gasteiger partial charge in [-0.15, -0.1) is 0 Å². The van der Waals surface area contributed by atoms with E-state index in [-0.39, 0.29) is 38.6 Å². The molecule has 4 aliphatic rings. The van der Waals surface area contributed by atoms with E-state index in [0.717, 1.165) is 0 Å². The number of aliphatic hydroxyl groups excluding tert-OH is 5. The van der Waals surface area contributed by atoms with Gasteiger partial charge in [0.15, 0.2) is 18.9 Å². The fraction of sp³-hybridized carbons (Fsp3) is 0.964. The molecular formula is C28H55N7O13. The van der Waals surface area contributed by atoms with Crippen molar-refractivity contribution in [3.05, 3.63) is 0 Å². The Morgan fingerprint density at radius 2 is 1.50 bits per heavy atom. The third-order valence-corrected chi connectivity index (χ3v) is 9.46. The second-order valence-corrected chi connectivity index (χ2v) is 12.9. The summed E-state index contributed by atoms with van der Waals surface area (Å²) < 4.78 is 35.9. The summed E-state index contributed by atoms with van der Waals surface area (Å²) in [6, 6.07) is -2.62. The van der Waals surface area contributed by atoms with E-state index in [1.165, 1.54) is 0 Å². The number of carbonyl (C=O) groups is 1. The van der Waals surface area contributed by atoms with Gasteiger partial charge in [-0.05, 0) is 32.2 Å². The van der Waals surface area contributed by atoms with Crippen LogP contribution >= 0.6 is 0 Å². The van der Waals surface area contributed by atoms with Gasteiger partial charge < -0.3 is 87.9 Å². The number of nitrogens with zero attached hydrogens (tertiary/aromatic N) is 1. The van der Waals surface area contributed by atoms with Crippen molar-refractivity contribution in [1.82, 2.24) is 10.4 Å². The van der Waals surface area contributed by atoms with Crippen LogP contribution in [-0.2, 0) is 33.2 Å². The molecule has 3 aliphatic heterocycles. The molecule has 1 saturated carbocycles. The van der Waals surface area contributed by atoms with Crippen LogP contribution in [-0.4, -0.2) is 180 Å². The molecule has 0 aromatic rings. The van der Waals surface area contributed by atoms with Gasteiger partial charge >= 0.3 is 0 Å². The average Bonchev–Trinajstić information content (AvgIpc) is 3.36. The van der Waals surface area contributed by atoms with Crippen LogP contribution in [0, 0.1) is 5.92 Å². The standard InChI is InChI=1S/C28H55N7O13/c1-34-9-12-2-3-13(31)26(43-12)46-23-14(32)6-11(7-17(37)35(42)5-4-29)19(38)25(23)48-28-22(41)24(16(10-36)45-28)47-27-18(33)21(40)20(39)15(8-30)44-27/h11-16,18-28,34,36,38-42H,2-10,29-33H2,1H3/t11-,12-,13+,14-,15-,16+,18+,19-,20+,21+,22+,23+,24+,25+,26+,27+,28-/m0/s1. The quantitative estimate of drug-likeness (QED) is 0.0592. The van der Waals surface area contributed by atoms with E-state index in [2.05, 4.69) is 5.32 Å². The van der Waals surface area contributed by atoms with E-state index >= 15 is 0 Å². The summed E-state index contributed by atoms with van der Waals surface area (Å²) >= 11 is 0. The molecule has 20 heteroatoms. The Morgan fingerprint density at radius 3 is 2.15 bits per heavy atom. The molecule has 48 heavy (non-hydrogen) atoms. The first kappa shape index (κ1) is 39.5. The Kier molecular flexibility index (Phi) is 14.7. The zero-order chi connectivity index (χ0) is 35.3. The van der Waals surface area contributed by atoms with E-state index in [9.17, 15) is 35.5 Å². The predicted octanol–water partition coefficient (Wildman–Crippen LogP) is -6.72. The molecule has 280 valence electrons. The summed E-state index contributed by atoms with van der Waals surface area (Å²) in [5.41, 5.74) is 30.1. The number of hydroxylamine groups is 2. The lowest BCUT2D eigenvalue weighted by Gasteiger charge is -2.46. The average molecular weight is 698 g/mol. The van der Waals surface area contributed by atoms with Gasteiger partial charge in [-0.2, -0.15) is 0 Å². The highest BCUT2D eigenvalue weighted by molar-refractivity contribution is 5.75. The maximum Gasteiger partial charge on any atom is 0.246 e. The lowest BCUT2D eigenvalue weighted by molar-refractivity contribution is -0.292. The molecule has 17 atom stereocenters. The van der Waals surface area contributed by atoms with Gasteiger partial charge in [0.25, 0.3) is 0 Å². The number of aliphatic hydroxyl groups is 5. The molecule has 17 N–H and O–H groups in total. The number of likely N-dealkylation sites (N-methyl/N-ethyl adjacent to an activating group) is 1. The van der Waals surface area contributed by atoms with Crippen molar-refractivity contribution < 1.29 is 64.0 Å². The molecule has 0 radical (unpaired) electrons. The Balaban J connectivity index is 1.55. The predicted molar refractivity (Wildman–Crippen MR) is 163 cm³/mol. The minimum absolute atomic E-state index is 0.0161. The first-order chi connectivity index (χ1) is 22.8. The molecule has 0 aromatic heterocycles. The molecule has 4 fully saturated rings. The molecule has 20 nitrogen and oxygen atoms in total. The maximum absolute atomic E-state index is 12.7. The molecular weight excluding hydrogens is 642 g/mol. The van der Waals surface area contributed by atoms with Crippen LogP contribution in [0.2, 0.25) is 0 Å². The van der Waals surface area contributed by atoms with Crippen molar-refractivity contribution in [3.8, 4) is 0 Å². The molecule has 0 spiro atoms. The van der Waals surface area contributed by atoms with Crippen molar-refractivity contribution in [1.29, 1.82) is 0 Å². The van der Waals surface area contributed by atoms with Crippen LogP contribution in [0.4, 0.5) is 0 Å². The smallest absolute Gasteiger partial charge is 0.246 e. The summed E-state index contributed by atoms with van der Waals surface area (Å²) in [4.78, 5) is 12.7. The first-order valence-corrected chi connectivity index (χ1v) is 16.4. The highest BCUT2D eigenvalue weighted by atomic mass is 16.8. The van der Waals surface area contributed by atoms with Gasteiger partial charge in [0, 0.05) is 32.1 Å². The van der Waals surface area contributed by atoms with Gasteiger partial charge in [0.2, 0.25) is 5.91 Å². The number of rotatable bonds is 14. The molecule has 0 bridgehead atoms. The van der Waals surface area contributed by atoms with Gasteiger partial charge in [-0.3, -0.25) is 10.0 Å². The van der Waals surface area contributed by atoms with E-state index < -0.39 is 110 Å². The van der Waals surface area contributed by atoms with E-state index in [0.29, 0.717) is 24.4 Å². The molecule has 0 aromatic carbocycles. The lowest BCUT2D eigenvalue weighted by atomic mass is 9.77. The van der Waals surface area contributed by atoms with Crippen molar-refractivity contribution >= 4 is 5.91 Å². The zero-order valence-corrected chi connectivity index (χ0v) is 27.1. The lowest BCUT2D eigenvalue weighted by Crippen LogP contribution is -2.64. The Bertz CT molecular complexity index is 1010. The largest absolute Gasteiger partial charge is 0.394 e. The van der Waals surface area contributed by atoms with Crippen molar-refractivity contribution in [2.75, 3.05) is 39.8 Å². The van der Waals surface area contributed by atoms with Gasteiger partial charge in [-0.1, -0.05) is 0 Å². The highest BCUT2D eigenvalue weighted by Crippen LogP contribution is 2.37. The zero-order valence-electron chi connectivity index (χ0n) is 27.1.